The minimum atomic E-state index is -0.496. The van der Waals surface area contributed by atoms with Gasteiger partial charge in [-0.05, 0) is 43.2 Å². The van der Waals surface area contributed by atoms with Crippen molar-refractivity contribution >= 4 is 17.6 Å². The normalized spacial score (nSPS) is 10.4. The van der Waals surface area contributed by atoms with Crippen molar-refractivity contribution in [2.24, 2.45) is 0 Å². The van der Waals surface area contributed by atoms with Crippen LogP contribution in [0.5, 0.6) is 0 Å². The highest BCUT2D eigenvalue weighted by Crippen LogP contribution is 2.10. The number of aromatic nitrogens is 2. The lowest BCUT2D eigenvalue weighted by Crippen LogP contribution is -2.26. The van der Waals surface area contributed by atoms with Crippen LogP contribution in [-0.2, 0) is 6.42 Å². The van der Waals surface area contributed by atoms with Gasteiger partial charge in [0.25, 0.3) is 11.8 Å². The van der Waals surface area contributed by atoms with Crippen LogP contribution in [0.15, 0.2) is 53.2 Å². The molecule has 0 bridgehead atoms. The van der Waals surface area contributed by atoms with Crippen LogP contribution in [0, 0.1) is 12.7 Å². The molecule has 0 fully saturated rings. The van der Waals surface area contributed by atoms with Gasteiger partial charge in [-0.3, -0.25) is 14.6 Å². The molecule has 7 nitrogen and oxygen atoms in total. The second-order valence-corrected chi connectivity index (χ2v) is 5.84. The topological polar surface area (TPSA) is 97.1 Å². The van der Waals surface area contributed by atoms with Crippen LogP contribution in [0.3, 0.4) is 0 Å². The summed E-state index contributed by atoms with van der Waals surface area (Å²) in [4.78, 5) is 28.4. The van der Waals surface area contributed by atoms with Gasteiger partial charge in [-0.2, -0.15) is 0 Å². The number of rotatable bonds is 6. The smallest absolute Gasteiger partial charge is 0.275 e. The zero-order chi connectivity index (χ0) is 19.2. The van der Waals surface area contributed by atoms with Gasteiger partial charge in [-0.15, -0.1) is 0 Å². The summed E-state index contributed by atoms with van der Waals surface area (Å²) in [6.45, 7) is 2.09. The standard InChI is InChI=1S/C19H17FN4O3/c1-12-10-17(24-27-12)23-19(26)16-11-14(7-9-21-16)18(25)22-8-6-13-2-4-15(20)5-3-13/h2-5,7,9-11H,6,8H2,1H3,(H,22,25)(H,23,24,26). The number of anilines is 1. The Bertz CT molecular complexity index is 954. The number of nitrogens with one attached hydrogen (secondary N) is 2. The van der Waals surface area contributed by atoms with Gasteiger partial charge in [0.1, 0.15) is 17.3 Å². The number of halogens is 1. The van der Waals surface area contributed by atoms with E-state index in [1.54, 1.807) is 25.1 Å². The number of carbonyl (C=O) groups excluding carboxylic acids is 2. The summed E-state index contributed by atoms with van der Waals surface area (Å²) in [7, 11) is 0. The summed E-state index contributed by atoms with van der Waals surface area (Å²) in [5, 5.41) is 8.98. The Labute approximate surface area is 154 Å². The van der Waals surface area contributed by atoms with E-state index < -0.39 is 5.91 Å². The third-order valence-corrected chi connectivity index (χ3v) is 3.74. The monoisotopic (exact) mass is 368 g/mol. The maximum atomic E-state index is 12.9. The van der Waals surface area contributed by atoms with Crippen molar-refractivity contribution in [3.63, 3.8) is 0 Å². The summed E-state index contributed by atoms with van der Waals surface area (Å²) in [6.07, 6.45) is 1.95. The molecule has 0 radical (unpaired) electrons. The first-order chi connectivity index (χ1) is 13.0. The molecule has 2 aromatic heterocycles. The number of hydrogen-bond acceptors (Lipinski definition) is 5. The molecule has 0 atom stereocenters. The highest BCUT2D eigenvalue weighted by Gasteiger charge is 2.13. The van der Waals surface area contributed by atoms with Crippen LogP contribution in [0.4, 0.5) is 10.2 Å². The van der Waals surface area contributed by atoms with Crippen molar-refractivity contribution in [1.82, 2.24) is 15.5 Å². The molecule has 0 aliphatic rings. The molecule has 2 N–H and O–H groups in total. The van der Waals surface area contributed by atoms with Gasteiger partial charge >= 0.3 is 0 Å². The van der Waals surface area contributed by atoms with Gasteiger partial charge in [0.2, 0.25) is 0 Å². The average Bonchev–Trinajstić information content (AvgIpc) is 3.08. The van der Waals surface area contributed by atoms with Crippen molar-refractivity contribution in [3.8, 4) is 0 Å². The molecular weight excluding hydrogens is 351 g/mol. The van der Waals surface area contributed by atoms with Crippen molar-refractivity contribution < 1.29 is 18.5 Å². The van der Waals surface area contributed by atoms with Gasteiger partial charge in [0.15, 0.2) is 5.82 Å². The Morgan fingerprint density at radius 2 is 1.89 bits per heavy atom. The Morgan fingerprint density at radius 1 is 1.11 bits per heavy atom. The lowest BCUT2D eigenvalue weighted by Gasteiger charge is -2.07. The summed E-state index contributed by atoms with van der Waals surface area (Å²) >= 11 is 0. The zero-order valence-corrected chi connectivity index (χ0v) is 14.5. The van der Waals surface area contributed by atoms with Gasteiger partial charge in [-0.25, -0.2) is 4.39 Å². The Hall–Kier alpha value is -3.55. The van der Waals surface area contributed by atoms with Crippen LogP contribution >= 0.6 is 0 Å². The summed E-state index contributed by atoms with van der Waals surface area (Å²) in [6, 6.07) is 10.6. The molecule has 8 heteroatoms. The van der Waals surface area contributed by atoms with E-state index in [-0.39, 0.29) is 23.2 Å². The van der Waals surface area contributed by atoms with Crippen molar-refractivity contribution in [3.05, 3.63) is 77.1 Å². The fraction of sp³-hybridized carbons (Fsp3) is 0.158. The fourth-order valence-electron chi connectivity index (χ4n) is 2.38. The molecule has 3 aromatic rings. The Kier molecular flexibility index (Phi) is 5.55. The first kappa shape index (κ1) is 18.2. The number of carbonyl (C=O) groups is 2. The lowest BCUT2D eigenvalue weighted by molar-refractivity contribution is 0.0954. The van der Waals surface area contributed by atoms with E-state index in [9.17, 15) is 14.0 Å². The summed E-state index contributed by atoms with van der Waals surface area (Å²) in [5.41, 5.74) is 1.31. The molecule has 2 heterocycles. The molecule has 0 unspecified atom stereocenters. The number of aryl methyl sites for hydroxylation is 1. The number of pyridine rings is 1. The maximum absolute atomic E-state index is 12.9. The number of nitrogens with zero attached hydrogens (tertiary/aromatic N) is 2. The fourth-order valence-corrected chi connectivity index (χ4v) is 2.38. The van der Waals surface area contributed by atoms with Crippen molar-refractivity contribution in [1.29, 1.82) is 0 Å². The molecule has 3 rings (SSSR count). The average molecular weight is 368 g/mol. The number of hydrogen-bond donors (Lipinski definition) is 2. The Morgan fingerprint density at radius 3 is 2.59 bits per heavy atom. The predicted octanol–water partition coefficient (Wildman–Crippen LogP) is 2.74. The molecule has 0 aliphatic heterocycles. The van der Waals surface area contributed by atoms with Crippen LogP contribution in [0.1, 0.15) is 32.2 Å². The van der Waals surface area contributed by atoms with E-state index in [0.717, 1.165) is 5.56 Å². The van der Waals surface area contributed by atoms with E-state index in [1.807, 2.05) is 0 Å². The quantitative estimate of drug-likeness (QED) is 0.697. The predicted molar refractivity (Wildman–Crippen MR) is 95.9 cm³/mol. The zero-order valence-electron chi connectivity index (χ0n) is 14.5. The lowest BCUT2D eigenvalue weighted by atomic mass is 10.1. The van der Waals surface area contributed by atoms with E-state index in [1.165, 1.54) is 30.5 Å². The maximum Gasteiger partial charge on any atom is 0.275 e. The van der Waals surface area contributed by atoms with Gasteiger partial charge < -0.3 is 15.2 Å². The summed E-state index contributed by atoms with van der Waals surface area (Å²) in [5.74, 6) is -0.290. The number of amides is 2. The third kappa shape index (κ3) is 4.97. The molecule has 0 aliphatic carbocycles. The van der Waals surface area contributed by atoms with Crippen molar-refractivity contribution in [2.45, 2.75) is 13.3 Å². The molecule has 0 saturated heterocycles. The second kappa shape index (κ2) is 8.22. The first-order valence-corrected chi connectivity index (χ1v) is 8.24. The minimum Gasteiger partial charge on any atom is -0.360 e. The van der Waals surface area contributed by atoms with Crippen LogP contribution in [0.2, 0.25) is 0 Å². The van der Waals surface area contributed by atoms with Gasteiger partial charge in [-0.1, -0.05) is 17.3 Å². The third-order valence-electron chi connectivity index (χ3n) is 3.74. The second-order valence-electron chi connectivity index (χ2n) is 5.84. The Balaban J connectivity index is 1.57. The van der Waals surface area contributed by atoms with Crippen LogP contribution in [-0.4, -0.2) is 28.5 Å². The van der Waals surface area contributed by atoms with Gasteiger partial charge in [0.05, 0.1) is 0 Å². The molecule has 138 valence electrons. The molecular formula is C19H17FN4O3. The highest BCUT2D eigenvalue weighted by atomic mass is 19.1. The van der Waals surface area contributed by atoms with Gasteiger partial charge in [0, 0.05) is 24.4 Å². The van der Waals surface area contributed by atoms with E-state index >= 15 is 0 Å². The highest BCUT2D eigenvalue weighted by molar-refractivity contribution is 6.04. The van der Waals surface area contributed by atoms with E-state index in [4.69, 9.17) is 4.52 Å². The van der Waals surface area contributed by atoms with E-state index in [0.29, 0.717) is 24.3 Å². The minimum absolute atomic E-state index is 0.0850. The largest absolute Gasteiger partial charge is 0.360 e. The van der Waals surface area contributed by atoms with E-state index in [2.05, 4.69) is 20.8 Å². The SMILES string of the molecule is Cc1cc(NC(=O)c2cc(C(=O)NCCc3ccc(F)cc3)ccn2)no1. The van der Waals surface area contributed by atoms with Crippen LogP contribution in [0.25, 0.3) is 0 Å². The van der Waals surface area contributed by atoms with Crippen molar-refractivity contribution in [2.75, 3.05) is 11.9 Å². The molecule has 27 heavy (non-hydrogen) atoms. The first-order valence-electron chi connectivity index (χ1n) is 8.24. The molecule has 1 aromatic carbocycles. The molecule has 2 amide bonds. The number of benzene rings is 1. The summed E-state index contributed by atoms with van der Waals surface area (Å²) < 4.78 is 17.8. The van der Waals surface area contributed by atoms with Crippen LogP contribution < -0.4 is 10.6 Å². The molecule has 0 spiro atoms. The molecule has 0 saturated carbocycles.